The summed E-state index contributed by atoms with van der Waals surface area (Å²) in [5, 5.41) is 18.3. The van der Waals surface area contributed by atoms with Gasteiger partial charge in [-0.1, -0.05) is 25.3 Å². The number of carbonyl (C=O) groups is 1. The zero-order valence-electron chi connectivity index (χ0n) is 17.1. The maximum absolute atomic E-state index is 13.0. The van der Waals surface area contributed by atoms with E-state index in [9.17, 15) is 14.9 Å². The molecule has 0 spiro atoms. The van der Waals surface area contributed by atoms with Crippen LogP contribution in [0.4, 0.5) is 5.82 Å². The molecule has 2 aliphatic rings. The van der Waals surface area contributed by atoms with Crippen molar-refractivity contribution >= 4 is 35.1 Å². The van der Waals surface area contributed by atoms with Gasteiger partial charge in [0.15, 0.2) is 5.11 Å². The fourth-order valence-corrected chi connectivity index (χ4v) is 4.45. The minimum atomic E-state index is -0.535. The van der Waals surface area contributed by atoms with E-state index in [0.29, 0.717) is 23.1 Å². The van der Waals surface area contributed by atoms with Gasteiger partial charge in [-0.2, -0.15) is 4.68 Å². The number of thiocarbonyl (C=S) groups is 1. The Labute approximate surface area is 184 Å². The van der Waals surface area contributed by atoms with E-state index in [0.717, 1.165) is 36.8 Å². The topological polar surface area (TPSA) is 103 Å². The molecule has 1 aromatic heterocycles. The van der Waals surface area contributed by atoms with E-state index in [1.54, 1.807) is 30.3 Å². The molecule has 0 atom stereocenters. The predicted molar refractivity (Wildman–Crippen MR) is 118 cm³/mol. The fraction of sp³-hybridized carbons (Fsp3) is 0.381. The van der Waals surface area contributed by atoms with Gasteiger partial charge in [-0.25, -0.2) is 0 Å². The van der Waals surface area contributed by atoms with Crippen LogP contribution in [0.1, 0.15) is 43.2 Å². The molecule has 1 amide bonds. The summed E-state index contributed by atoms with van der Waals surface area (Å²) in [5.41, 5.74) is 2.02. The third-order valence-electron chi connectivity index (χ3n) is 5.61. The van der Waals surface area contributed by atoms with Crippen molar-refractivity contribution < 1.29 is 14.5 Å². The molecule has 1 aliphatic carbocycles. The first-order valence-electron chi connectivity index (χ1n) is 10.2. The Morgan fingerprint density at radius 1 is 1.32 bits per heavy atom. The van der Waals surface area contributed by atoms with Gasteiger partial charge in [0, 0.05) is 11.6 Å². The molecule has 1 saturated heterocycles. The maximum atomic E-state index is 13.0. The molecular formula is C21H23N5O4S. The zero-order chi connectivity index (χ0) is 22.0. The van der Waals surface area contributed by atoms with E-state index in [2.05, 4.69) is 10.4 Å². The molecule has 2 heterocycles. The van der Waals surface area contributed by atoms with Crippen LogP contribution >= 0.6 is 12.2 Å². The first-order chi connectivity index (χ1) is 15.0. The second-order valence-corrected chi connectivity index (χ2v) is 8.04. The van der Waals surface area contributed by atoms with Crippen LogP contribution in [0.15, 0.2) is 36.2 Å². The lowest BCUT2D eigenvalue weighted by molar-refractivity contribution is -0.389. The molecule has 1 aromatic carbocycles. The zero-order valence-corrected chi connectivity index (χ0v) is 17.9. The SMILES string of the molecule is COc1ccc(C=C2NC(=S)N(C3CCCCC3)C2=O)cc1Cn1ccc([N+](=O)[O-])n1. The quantitative estimate of drug-likeness (QED) is 0.318. The van der Waals surface area contributed by atoms with Crippen LogP contribution in [0.5, 0.6) is 5.75 Å². The third kappa shape index (κ3) is 4.43. The molecule has 10 heteroatoms. The number of nitro groups is 1. The second-order valence-electron chi connectivity index (χ2n) is 7.66. The Balaban J connectivity index is 1.57. The smallest absolute Gasteiger partial charge is 0.389 e. The Bertz CT molecular complexity index is 1060. The molecule has 4 rings (SSSR count). The third-order valence-corrected chi connectivity index (χ3v) is 5.91. The van der Waals surface area contributed by atoms with Crippen LogP contribution < -0.4 is 10.1 Å². The summed E-state index contributed by atoms with van der Waals surface area (Å²) in [6.07, 6.45) is 8.70. The van der Waals surface area contributed by atoms with E-state index in [1.807, 2.05) is 12.1 Å². The molecular weight excluding hydrogens is 418 g/mol. The molecule has 9 nitrogen and oxygen atoms in total. The molecule has 0 bridgehead atoms. The summed E-state index contributed by atoms with van der Waals surface area (Å²) in [7, 11) is 1.56. The van der Waals surface area contributed by atoms with Crippen molar-refractivity contribution in [3.8, 4) is 5.75 Å². The van der Waals surface area contributed by atoms with E-state index in [-0.39, 0.29) is 17.8 Å². The molecule has 2 aromatic rings. The van der Waals surface area contributed by atoms with Gasteiger partial charge in [0.25, 0.3) is 5.91 Å². The van der Waals surface area contributed by atoms with Crippen molar-refractivity contribution in [1.82, 2.24) is 20.0 Å². The minimum absolute atomic E-state index is 0.100. The number of carbonyl (C=O) groups excluding carboxylic acids is 1. The van der Waals surface area contributed by atoms with Crippen molar-refractivity contribution in [3.05, 3.63) is 57.4 Å². The van der Waals surface area contributed by atoms with Gasteiger partial charge in [-0.15, -0.1) is 0 Å². The highest BCUT2D eigenvalue weighted by molar-refractivity contribution is 7.80. The summed E-state index contributed by atoms with van der Waals surface area (Å²) in [6.45, 7) is 0.294. The van der Waals surface area contributed by atoms with Gasteiger partial charge >= 0.3 is 5.82 Å². The molecule has 31 heavy (non-hydrogen) atoms. The summed E-state index contributed by atoms with van der Waals surface area (Å²) >= 11 is 5.43. The second kappa shape index (κ2) is 8.84. The first kappa shape index (κ1) is 21.0. The number of nitrogens with one attached hydrogen (secondary N) is 1. The summed E-state index contributed by atoms with van der Waals surface area (Å²) < 4.78 is 6.90. The van der Waals surface area contributed by atoms with Crippen LogP contribution in [0.3, 0.4) is 0 Å². The van der Waals surface area contributed by atoms with Gasteiger partial charge < -0.3 is 20.2 Å². The summed E-state index contributed by atoms with van der Waals surface area (Å²) in [4.78, 5) is 25.1. The Morgan fingerprint density at radius 3 is 2.77 bits per heavy atom. The highest BCUT2D eigenvalue weighted by Crippen LogP contribution is 2.28. The maximum Gasteiger partial charge on any atom is 0.389 e. The van der Waals surface area contributed by atoms with E-state index in [1.165, 1.54) is 17.2 Å². The first-order valence-corrected chi connectivity index (χ1v) is 10.6. The lowest BCUT2D eigenvalue weighted by Gasteiger charge is -2.29. The highest BCUT2D eigenvalue weighted by atomic mass is 32.1. The highest BCUT2D eigenvalue weighted by Gasteiger charge is 2.36. The fourth-order valence-electron chi connectivity index (χ4n) is 4.11. The van der Waals surface area contributed by atoms with Crippen molar-refractivity contribution in [2.24, 2.45) is 0 Å². The molecule has 1 aliphatic heterocycles. The molecule has 162 valence electrons. The largest absolute Gasteiger partial charge is 0.496 e. The van der Waals surface area contributed by atoms with E-state index in [4.69, 9.17) is 17.0 Å². The number of nitrogens with zero attached hydrogens (tertiary/aromatic N) is 4. The lowest BCUT2D eigenvalue weighted by Crippen LogP contribution is -2.41. The van der Waals surface area contributed by atoms with E-state index < -0.39 is 4.92 Å². The van der Waals surface area contributed by atoms with E-state index >= 15 is 0 Å². The van der Waals surface area contributed by atoms with Crippen LogP contribution in [0.25, 0.3) is 6.08 Å². The number of rotatable bonds is 6. The lowest BCUT2D eigenvalue weighted by atomic mass is 9.94. The Hall–Kier alpha value is -3.27. The molecule has 2 fully saturated rings. The van der Waals surface area contributed by atoms with Gasteiger partial charge in [-0.05, 0) is 53.8 Å². The Morgan fingerprint density at radius 2 is 2.10 bits per heavy atom. The molecule has 1 saturated carbocycles. The van der Waals surface area contributed by atoms with Gasteiger partial charge in [0.1, 0.15) is 11.4 Å². The molecule has 0 radical (unpaired) electrons. The number of ether oxygens (including phenoxy) is 1. The molecule has 1 N–H and O–H groups in total. The Kier molecular flexibility index (Phi) is 5.99. The van der Waals surface area contributed by atoms with Crippen molar-refractivity contribution in [2.45, 2.75) is 44.7 Å². The van der Waals surface area contributed by atoms with Crippen LogP contribution in [-0.4, -0.2) is 43.8 Å². The predicted octanol–water partition coefficient (Wildman–Crippen LogP) is 3.24. The van der Waals surface area contributed by atoms with Crippen LogP contribution in [0, 0.1) is 10.1 Å². The minimum Gasteiger partial charge on any atom is -0.496 e. The number of aromatic nitrogens is 2. The number of hydrogen-bond acceptors (Lipinski definition) is 6. The average molecular weight is 442 g/mol. The van der Waals surface area contributed by atoms with Crippen LogP contribution in [0.2, 0.25) is 0 Å². The molecule has 0 unspecified atom stereocenters. The number of hydrogen-bond donors (Lipinski definition) is 1. The van der Waals surface area contributed by atoms with Crippen molar-refractivity contribution in [1.29, 1.82) is 0 Å². The van der Waals surface area contributed by atoms with Crippen LogP contribution in [-0.2, 0) is 11.3 Å². The standard InChI is InChI=1S/C21H23N5O4S/c1-30-18-8-7-14(11-15(18)13-24-10-9-19(23-24)26(28)29)12-17-20(27)25(21(31)22-17)16-5-3-2-4-6-16/h7-12,16H,2-6,13H2,1H3,(H,22,31). The summed E-state index contributed by atoms with van der Waals surface area (Å²) in [5.74, 6) is 0.316. The number of benzene rings is 1. The van der Waals surface area contributed by atoms with Crippen molar-refractivity contribution in [2.75, 3.05) is 7.11 Å². The van der Waals surface area contributed by atoms with Gasteiger partial charge in [0.2, 0.25) is 0 Å². The number of methoxy groups -OCH3 is 1. The average Bonchev–Trinajstić information content (AvgIpc) is 3.33. The van der Waals surface area contributed by atoms with Crippen molar-refractivity contribution in [3.63, 3.8) is 0 Å². The normalized spacial score (nSPS) is 18.5. The van der Waals surface area contributed by atoms with Gasteiger partial charge in [0.05, 0.1) is 31.0 Å². The monoisotopic (exact) mass is 441 g/mol. The van der Waals surface area contributed by atoms with Gasteiger partial charge in [-0.3, -0.25) is 9.69 Å². The summed E-state index contributed by atoms with van der Waals surface area (Å²) in [6, 6.07) is 7.04. The number of amides is 1.